The number of nitrogens with one attached hydrogen (secondary N) is 2. The van der Waals surface area contributed by atoms with Gasteiger partial charge in [0.05, 0.1) is 22.2 Å². The molecule has 5 nitrogen and oxygen atoms in total. The number of amides is 2. The lowest BCUT2D eigenvalue weighted by atomic mass is 10.1. The molecule has 0 aromatic heterocycles. The molecule has 1 aromatic rings. The van der Waals surface area contributed by atoms with E-state index >= 15 is 0 Å². The second kappa shape index (κ2) is 8.46. The highest BCUT2D eigenvalue weighted by Crippen LogP contribution is 2.33. The van der Waals surface area contributed by atoms with Crippen molar-refractivity contribution < 1.29 is 14.7 Å². The molecule has 0 aliphatic rings. The van der Waals surface area contributed by atoms with Gasteiger partial charge >= 0.3 is 12.0 Å². The molecular formula is C13H15BrCl2N2O3. The summed E-state index contributed by atoms with van der Waals surface area (Å²) in [5.74, 6) is -0.964. The Morgan fingerprint density at radius 1 is 1.33 bits per heavy atom. The zero-order chi connectivity index (χ0) is 16.0. The van der Waals surface area contributed by atoms with Gasteiger partial charge in [-0.1, -0.05) is 52.5 Å². The smallest absolute Gasteiger partial charge is 0.319 e. The van der Waals surface area contributed by atoms with E-state index in [0.29, 0.717) is 10.9 Å². The first-order chi connectivity index (χ1) is 9.83. The van der Waals surface area contributed by atoms with Crippen LogP contribution in [-0.2, 0) is 4.79 Å². The first kappa shape index (κ1) is 18.1. The fourth-order valence-electron chi connectivity index (χ4n) is 1.78. The van der Waals surface area contributed by atoms with E-state index in [1.54, 1.807) is 12.1 Å². The van der Waals surface area contributed by atoms with E-state index in [9.17, 15) is 9.59 Å². The van der Waals surface area contributed by atoms with Gasteiger partial charge in [-0.3, -0.25) is 4.79 Å². The van der Waals surface area contributed by atoms with E-state index in [1.807, 2.05) is 6.92 Å². The number of halogens is 3. The van der Waals surface area contributed by atoms with Crippen LogP contribution >= 0.6 is 39.1 Å². The Morgan fingerprint density at radius 3 is 2.38 bits per heavy atom. The highest BCUT2D eigenvalue weighted by Gasteiger charge is 2.17. The molecule has 0 heterocycles. The van der Waals surface area contributed by atoms with Crippen molar-refractivity contribution in [3.05, 3.63) is 26.7 Å². The summed E-state index contributed by atoms with van der Waals surface area (Å²) in [5.41, 5.74) is 0.282. The van der Waals surface area contributed by atoms with Gasteiger partial charge in [-0.15, -0.1) is 0 Å². The lowest BCUT2D eigenvalue weighted by Crippen LogP contribution is -2.39. The fourth-order valence-corrected chi connectivity index (χ4v) is 3.08. The second-order valence-electron chi connectivity index (χ2n) is 4.43. The molecule has 21 heavy (non-hydrogen) atoms. The summed E-state index contributed by atoms with van der Waals surface area (Å²) in [6.07, 6.45) is 1.20. The van der Waals surface area contributed by atoms with E-state index < -0.39 is 18.0 Å². The first-order valence-electron chi connectivity index (χ1n) is 6.27. The van der Waals surface area contributed by atoms with Crippen LogP contribution in [0.4, 0.5) is 10.5 Å². The summed E-state index contributed by atoms with van der Waals surface area (Å²) in [4.78, 5) is 22.7. The average molecular weight is 398 g/mol. The number of carboxylic acid groups (broad SMARTS) is 1. The van der Waals surface area contributed by atoms with Crippen LogP contribution in [0.3, 0.4) is 0 Å². The maximum atomic E-state index is 11.9. The third-order valence-electron chi connectivity index (χ3n) is 2.64. The second-order valence-corrected chi connectivity index (χ2v) is 6.16. The minimum absolute atomic E-state index is 0.136. The number of anilines is 1. The Kier molecular flexibility index (Phi) is 7.28. The van der Waals surface area contributed by atoms with Crippen molar-refractivity contribution in [3.63, 3.8) is 0 Å². The molecule has 1 unspecified atom stereocenters. The van der Waals surface area contributed by atoms with Crippen molar-refractivity contribution in [2.75, 3.05) is 5.32 Å². The third-order valence-corrected chi connectivity index (χ3v) is 3.69. The van der Waals surface area contributed by atoms with Gasteiger partial charge in [0.15, 0.2) is 0 Å². The predicted octanol–water partition coefficient (Wildman–Crippen LogP) is 4.52. The minimum Gasteiger partial charge on any atom is -0.481 e. The summed E-state index contributed by atoms with van der Waals surface area (Å²) >= 11 is 15.3. The number of benzene rings is 1. The quantitative estimate of drug-likeness (QED) is 0.660. The zero-order valence-electron chi connectivity index (χ0n) is 11.3. The van der Waals surface area contributed by atoms with Crippen LogP contribution in [0.25, 0.3) is 0 Å². The van der Waals surface area contributed by atoms with Gasteiger partial charge in [-0.25, -0.2) is 4.79 Å². The average Bonchev–Trinajstić information content (AvgIpc) is 2.33. The van der Waals surface area contributed by atoms with Gasteiger partial charge in [0, 0.05) is 10.5 Å². The molecule has 2 amide bonds. The van der Waals surface area contributed by atoms with Crippen LogP contribution in [0.2, 0.25) is 10.0 Å². The number of aliphatic carboxylic acids is 1. The molecule has 0 fully saturated rings. The maximum absolute atomic E-state index is 11.9. The molecule has 1 rings (SSSR count). The molecule has 0 aliphatic heterocycles. The monoisotopic (exact) mass is 396 g/mol. The van der Waals surface area contributed by atoms with Crippen LogP contribution in [0.15, 0.2) is 16.6 Å². The number of hydrogen-bond donors (Lipinski definition) is 3. The Morgan fingerprint density at radius 2 is 1.90 bits per heavy atom. The molecule has 8 heteroatoms. The standard InChI is InChI=1S/C13H15BrCl2N2O3/c1-2-3-8(6-11(19)20)17-13(21)18-12-9(15)4-7(14)5-10(12)16/h4-5,8H,2-3,6H2,1H3,(H,19,20)(H2,17,18,21). The SMILES string of the molecule is CCCC(CC(=O)O)NC(=O)Nc1c(Cl)cc(Br)cc1Cl. The summed E-state index contributed by atoms with van der Waals surface area (Å²) in [6, 6.07) is 2.22. The van der Waals surface area contributed by atoms with E-state index in [4.69, 9.17) is 28.3 Å². The Balaban J connectivity index is 2.74. The highest BCUT2D eigenvalue weighted by molar-refractivity contribution is 9.10. The Bertz CT molecular complexity index is 517. The summed E-state index contributed by atoms with van der Waals surface area (Å²) in [5, 5.41) is 14.5. The first-order valence-corrected chi connectivity index (χ1v) is 7.82. The highest BCUT2D eigenvalue weighted by atomic mass is 79.9. The van der Waals surface area contributed by atoms with Crippen LogP contribution in [-0.4, -0.2) is 23.1 Å². The van der Waals surface area contributed by atoms with Crippen molar-refractivity contribution in [1.82, 2.24) is 5.32 Å². The van der Waals surface area contributed by atoms with Gasteiger partial charge in [0.25, 0.3) is 0 Å². The van der Waals surface area contributed by atoms with Gasteiger partial charge in [0.1, 0.15) is 0 Å². The van der Waals surface area contributed by atoms with Crippen LogP contribution in [0.1, 0.15) is 26.2 Å². The summed E-state index contributed by atoms with van der Waals surface area (Å²) in [6.45, 7) is 1.91. The van der Waals surface area contributed by atoms with Crippen molar-refractivity contribution in [3.8, 4) is 0 Å². The number of carbonyl (C=O) groups is 2. The number of carbonyl (C=O) groups excluding carboxylic acids is 1. The van der Waals surface area contributed by atoms with Crippen molar-refractivity contribution >= 4 is 56.8 Å². The van der Waals surface area contributed by atoms with Crippen molar-refractivity contribution in [1.29, 1.82) is 0 Å². The zero-order valence-corrected chi connectivity index (χ0v) is 14.3. The van der Waals surface area contributed by atoms with Crippen LogP contribution in [0.5, 0.6) is 0 Å². The number of carboxylic acids is 1. The normalized spacial score (nSPS) is 11.8. The molecule has 0 spiro atoms. The lowest BCUT2D eigenvalue weighted by molar-refractivity contribution is -0.137. The maximum Gasteiger partial charge on any atom is 0.319 e. The molecule has 0 saturated carbocycles. The van der Waals surface area contributed by atoms with Gasteiger partial charge < -0.3 is 15.7 Å². The Labute approximate surface area is 141 Å². The number of hydrogen-bond acceptors (Lipinski definition) is 2. The predicted molar refractivity (Wildman–Crippen MR) is 87.3 cm³/mol. The molecular weight excluding hydrogens is 383 g/mol. The molecule has 3 N–H and O–H groups in total. The molecule has 0 aliphatic carbocycles. The van der Waals surface area contributed by atoms with Crippen molar-refractivity contribution in [2.24, 2.45) is 0 Å². The summed E-state index contributed by atoms with van der Waals surface area (Å²) in [7, 11) is 0. The van der Waals surface area contributed by atoms with Crippen LogP contribution < -0.4 is 10.6 Å². The largest absolute Gasteiger partial charge is 0.481 e. The third kappa shape index (κ3) is 6.11. The van der Waals surface area contributed by atoms with Crippen LogP contribution in [0, 0.1) is 0 Å². The molecule has 1 aromatic carbocycles. The molecule has 0 radical (unpaired) electrons. The number of rotatable bonds is 6. The van der Waals surface area contributed by atoms with Gasteiger partial charge in [0.2, 0.25) is 0 Å². The molecule has 0 bridgehead atoms. The number of urea groups is 1. The molecule has 1 atom stereocenters. The van der Waals surface area contributed by atoms with E-state index in [-0.39, 0.29) is 22.2 Å². The fraction of sp³-hybridized carbons (Fsp3) is 0.385. The molecule has 0 saturated heterocycles. The van der Waals surface area contributed by atoms with E-state index in [1.165, 1.54) is 0 Å². The van der Waals surface area contributed by atoms with E-state index in [2.05, 4.69) is 26.6 Å². The van der Waals surface area contributed by atoms with Gasteiger partial charge in [-0.2, -0.15) is 0 Å². The Hall–Kier alpha value is -0.980. The van der Waals surface area contributed by atoms with Gasteiger partial charge in [-0.05, 0) is 18.6 Å². The topological polar surface area (TPSA) is 78.4 Å². The lowest BCUT2D eigenvalue weighted by Gasteiger charge is -2.17. The minimum atomic E-state index is -0.964. The molecule has 116 valence electrons. The van der Waals surface area contributed by atoms with Crippen molar-refractivity contribution in [2.45, 2.75) is 32.2 Å². The summed E-state index contributed by atoms with van der Waals surface area (Å²) < 4.78 is 0.693. The van der Waals surface area contributed by atoms with E-state index in [0.717, 1.165) is 6.42 Å².